The number of hydrogen-bond donors (Lipinski definition) is 3. The molecule has 2 aliphatic rings. The first-order valence-corrected chi connectivity index (χ1v) is 8.56. The predicted octanol–water partition coefficient (Wildman–Crippen LogP) is 0.526. The zero-order valence-electron chi connectivity index (χ0n) is 14.5. The van der Waals surface area contributed by atoms with Gasteiger partial charge < -0.3 is 25.6 Å². The summed E-state index contributed by atoms with van der Waals surface area (Å²) in [4.78, 5) is 34.6. The highest BCUT2D eigenvalue weighted by atomic mass is 16.5. The number of nitrogens with zero attached hydrogens (tertiary/aromatic N) is 3. The predicted molar refractivity (Wildman–Crippen MR) is 93.4 cm³/mol. The Morgan fingerprint density at radius 3 is 2.88 bits per heavy atom. The summed E-state index contributed by atoms with van der Waals surface area (Å²) < 4.78 is 5.25. The van der Waals surface area contributed by atoms with E-state index in [0.717, 1.165) is 0 Å². The van der Waals surface area contributed by atoms with E-state index < -0.39 is 0 Å². The van der Waals surface area contributed by atoms with Gasteiger partial charge in [-0.25, -0.2) is 9.97 Å². The van der Waals surface area contributed by atoms with Crippen molar-refractivity contribution in [2.24, 2.45) is 5.92 Å². The number of carbonyl (C=O) groups is 2. The Labute approximate surface area is 146 Å². The molecule has 1 fully saturated rings. The molecule has 9 heteroatoms. The van der Waals surface area contributed by atoms with Gasteiger partial charge in [0.2, 0.25) is 11.8 Å². The summed E-state index contributed by atoms with van der Waals surface area (Å²) in [6.45, 7) is 6.55. The van der Waals surface area contributed by atoms with E-state index in [1.807, 2.05) is 0 Å². The Hall–Kier alpha value is -2.42. The molecule has 0 aliphatic carbocycles. The minimum absolute atomic E-state index is 0.0246. The van der Waals surface area contributed by atoms with Crippen molar-refractivity contribution in [1.82, 2.24) is 14.9 Å². The highest BCUT2D eigenvalue weighted by molar-refractivity contribution is 6.05. The van der Waals surface area contributed by atoms with Crippen LogP contribution in [0.2, 0.25) is 0 Å². The highest BCUT2D eigenvalue weighted by Gasteiger charge is 2.29. The zero-order valence-corrected chi connectivity index (χ0v) is 14.5. The lowest BCUT2D eigenvalue weighted by Crippen LogP contribution is -2.43. The standard InChI is InChI=1S/C16H24N6O3/c1-10(2)7-11-16(24)21-13-14(18-9-19-15(13)20-11)17-8-12(23)22-3-5-25-6-4-22/h9-11H,3-8H2,1-2H3,(H,21,24)(H2,17,18,19,20). The highest BCUT2D eigenvalue weighted by Crippen LogP contribution is 2.31. The van der Waals surface area contributed by atoms with E-state index in [-0.39, 0.29) is 24.4 Å². The van der Waals surface area contributed by atoms with Gasteiger partial charge >= 0.3 is 0 Å². The van der Waals surface area contributed by atoms with E-state index in [4.69, 9.17) is 4.74 Å². The third kappa shape index (κ3) is 4.16. The van der Waals surface area contributed by atoms with Crippen molar-refractivity contribution in [2.75, 3.05) is 48.8 Å². The van der Waals surface area contributed by atoms with Crippen LogP contribution in [0.1, 0.15) is 20.3 Å². The molecular formula is C16H24N6O3. The van der Waals surface area contributed by atoms with Crippen LogP contribution >= 0.6 is 0 Å². The van der Waals surface area contributed by atoms with E-state index in [1.54, 1.807) is 4.90 Å². The van der Waals surface area contributed by atoms with Crippen molar-refractivity contribution in [3.05, 3.63) is 6.33 Å². The maximum Gasteiger partial charge on any atom is 0.247 e. The van der Waals surface area contributed by atoms with Crippen molar-refractivity contribution in [2.45, 2.75) is 26.3 Å². The second-order valence-corrected chi connectivity index (χ2v) is 6.61. The van der Waals surface area contributed by atoms with Gasteiger partial charge in [0.15, 0.2) is 11.6 Å². The van der Waals surface area contributed by atoms with Gasteiger partial charge in [-0.1, -0.05) is 13.8 Å². The smallest absolute Gasteiger partial charge is 0.247 e. The Kier molecular flexibility index (Phi) is 5.32. The molecule has 0 saturated carbocycles. The normalized spacial score (nSPS) is 19.9. The van der Waals surface area contributed by atoms with Crippen molar-refractivity contribution < 1.29 is 14.3 Å². The van der Waals surface area contributed by atoms with Crippen LogP contribution in [0.15, 0.2) is 6.33 Å². The van der Waals surface area contributed by atoms with Gasteiger partial charge in [-0.15, -0.1) is 0 Å². The van der Waals surface area contributed by atoms with Crippen molar-refractivity contribution in [3.8, 4) is 0 Å². The topological polar surface area (TPSA) is 108 Å². The number of nitrogens with one attached hydrogen (secondary N) is 3. The fourth-order valence-corrected chi connectivity index (χ4v) is 2.91. The summed E-state index contributed by atoms with van der Waals surface area (Å²) in [6.07, 6.45) is 2.13. The molecule has 3 N–H and O–H groups in total. The number of anilines is 3. The third-order valence-electron chi connectivity index (χ3n) is 4.20. The summed E-state index contributed by atoms with van der Waals surface area (Å²) >= 11 is 0. The Bertz CT molecular complexity index is 645. The minimum atomic E-state index is -0.315. The van der Waals surface area contributed by atoms with Gasteiger partial charge in [0.25, 0.3) is 0 Å². The molecule has 2 amide bonds. The number of morpholine rings is 1. The maximum atomic E-state index is 12.3. The lowest BCUT2D eigenvalue weighted by Gasteiger charge is -2.29. The molecule has 3 rings (SSSR count). The maximum absolute atomic E-state index is 12.3. The molecular weight excluding hydrogens is 324 g/mol. The number of aromatic nitrogens is 2. The number of amides is 2. The van der Waals surface area contributed by atoms with Crippen LogP contribution in [0.25, 0.3) is 0 Å². The summed E-state index contributed by atoms with van der Waals surface area (Å²) in [6, 6.07) is -0.315. The monoisotopic (exact) mass is 348 g/mol. The SMILES string of the molecule is CC(C)CC1Nc2ncnc(NCC(=O)N3CCOCC3)c2NC1=O. The first kappa shape index (κ1) is 17.4. The third-order valence-corrected chi connectivity index (χ3v) is 4.20. The molecule has 1 aromatic rings. The average molecular weight is 348 g/mol. The van der Waals surface area contributed by atoms with E-state index in [0.29, 0.717) is 56.0 Å². The van der Waals surface area contributed by atoms with Gasteiger partial charge in [-0.3, -0.25) is 9.59 Å². The molecule has 25 heavy (non-hydrogen) atoms. The van der Waals surface area contributed by atoms with E-state index >= 15 is 0 Å². The van der Waals surface area contributed by atoms with Crippen molar-refractivity contribution in [3.63, 3.8) is 0 Å². The lowest BCUT2D eigenvalue weighted by atomic mass is 10.0. The zero-order chi connectivity index (χ0) is 17.8. The Balaban J connectivity index is 1.66. The average Bonchev–Trinajstić information content (AvgIpc) is 2.61. The second kappa shape index (κ2) is 7.64. The quantitative estimate of drug-likeness (QED) is 0.712. The van der Waals surface area contributed by atoms with Crippen LogP contribution in [0.3, 0.4) is 0 Å². The van der Waals surface area contributed by atoms with E-state index in [9.17, 15) is 9.59 Å². The Morgan fingerprint density at radius 1 is 1.40 bits per heavy atom. The van der Waals surface area contributed by atoms with Gasteiger partial charge in [-0.05, 0) is 12.3 Å². The summed E-state index contributed by atoms with van der Waals surface area (Å²) in [5.41, 5.74) is 0.488. The summed E-state index contributed by atoms with van der Waals surface area (Å²) in [7, 11) is 0. The fourth-order valence-electron chi connectivity index (χ4n) is 2.91. The van der Waals surface area contributed by atoms with Crippen LogP contribution in [-0.4, -0.2) is 65.6 Å². The molecule has 2 aliphatic heterocycles. The van der Waals surface area contributed by atoms with Gasteiger partial charge in [0.1, 0.15) is 18.1 Å². The van der Waals surface area contributed by atoms with Crippen molar-refractivity contribution in [1.29, 1.82) is 0 Å². The molecule has 3 heterocycles. The second-order valence-electron chi connectivity index (χ2n) is 6.61. The van der Waals surface area contributed by atoms with Gasteiger partial charge in [0.05, 0.1) is 19.8 Å². The van der Waals surface area contributed by atoms with Gasteiger partial charge in [0, 0.05) is 13.1 Å². The largest absolute Gasteiger partial charge is 0.378 e. The van der Waals surface area contributed by atoms with E-state index in [1.165, 1.54) is 6.33 Å². The number of fused-ring (bicyclic) bond motifs is 1. The molecule has 1 aromatic heterocycles. The summed E-state index contributed by atoms with van der Waals surface area (Å²) in [5.74, 6) is 1.26. The molecule has 1 saturated heterocycles. The first-order chi connectivity index (χ1) is 12.0. The molecule has 1 atom stereocenters. The number of carbonyl (C=O) groups excluding carboxylic acids is 2. The first-order valence-electron chi connectivity index (χ1n) is 8.56. The number of hydrogen-bond acceptors (Lipinski definition) is 7. The van der Waals surface area contributed by atoms with Crippen LogP contribution in [-0.2, 0) is 14.3 Å². The molecule has 0 spiro atoms. The number of rotatable bonds is 5. The molecule has 1 unspecified atom stereocenters. The molecule has 9 nitrogen and oxygen atoms in total. The lowest BCUT2D eigenvalue weighted by molar-refractivity contribution is -0.133. The number of ether oxygens (including phenoxy) is 1. The van der Waals surface area contributed by atoms with Crippen molar-refractivity contribution >= 4 is 29.1 Å². The fraction of sp³-hybridized carbons (Fsp3) is 0.625. The van der Waals surface area contributed by atoms with Crippen LogP contribution in [0.5, 0.6) is 0 Å². The molecule has 0 bridgehead atoms. The minimum Gasteiger partial charge on any atom is -0.378 e. The summed E-state index contributed by atoms with van der Waals surface area (Å²) in [5, 5.41) is 9.02. The molecule has 136 valence electrons. The van der Waals surface area contributed by atoms with Crippen LogP contribution in [0.4, 0.5) is 17.3 Å². The Morgan fingerprint density at radius 2 is 2.16 bits per heavy atom. The van der Waals surface area contributed by atoms with Crippen LogP contribution < -0.4 is 16.0 Å². The van der Waals surface area contributed by atoms with Crippen LogP contribution in [0, 0.1) is 5.92 Å². The van der Waals surface area contributed by atoms with Gasteiger partial charge in [-0.2, -0.15) is 0 Å². The molecule has 0 aromatic carbocycles. The molecule has 0 radical (unpaired) electrons. The van der Waals surface area contributed by atoms with E-state index in [2.05, 4.69) is 39.8 Å².